The number of hydrogen-bond acceptors (Lipinski definition) is 6. The third kappa shape index (κ3) is 6.48. The molecule has 1 aliphatic carbocycles. The molecule has 31 heavy (non-hydrogen) atoms. The van der Waals surface area contributed by atoms with Crippen molar-refractivity contribution < 1.29 is 13.2 Å². The van der Waals surface area contributed by atoms with Crippen molar-refractivity contribution in [2.45, 2.75) is 49.5 Å². The summed E-state index contributed by atoms with van der Waals surface area (Å²) in [6.45, 7) is 0.663. The average Bonchev–Trinajstić information content (AvgIpc) is 3.19. The van der Waals surface area contributed by atoms with E-state index in [0.29, 0.717) is 30.3 Å². The molecule has 1 N–H and O–H groups in total. The molecule has 2 aromatic rings. The van der Waals surface area contributed by atoms with Gasteiger partial charge in [-0.05, 0) is 44.1 Å². The summed E-state index contributed by atoms with van der Waals surface area (Å²) in [4.78, 5) is 23.9. The zero-order valence-electron chi connectivity index (χ0n) is 18.1. The fourth-order valence-corrected chi connectivity index (χ4v) is 5.38. The van der Waals surface area contributed by atoms with E-state index in [0.717, 1.165) is 24.8 Å². The Hall–Kier alpha value is -2.03. The summed E-state index contributed by atoms with van der Waals surface area (Å²) in [7, 11) is 0.465. The number of nitrogens with zero attached hydrogens (tertiary/aromatic N) is 3. The van der Waals surface area contributed by atoms with Gasteiger partial charge in [-0.3, -0.25) is 9.78 Å². The Labute approximate surface area is 189 Å². The Bertz CT molecular complexity index is 1020. The molecule has 0 radical (unpaired) electrons. The summed E-state index contributed by atoms with van der Waals surface area (Å²) in [6.07, 6.45) is 9.55. The van der Waals surface area contributed by atoms with Crippen molar-refractivity contribution in [2.24, 2.45) is 5.92 Å². The van der Waals surface area contributed by atoms with Gasteiger partial charge in [0.05, 0.1) is 33.9 Å². The van der Waals surface area contributed by atoms with Gasteiger partial charge in [-0.2, -0.15) is 0 Å². The first kappa shape index (κ1) is 23.6. The first-order valence-corrected chi connectivity index (χ1v) is 12.7. The Kier molecular flexibility index (Phi) is 7.67. The minimum absolute atomic E-state index is 0.0697. The quantitative estimate of drug-likeness (QED) is 0.637. The van der Waals surface area contributed by atoms with Crippen molar-refractivity contribution in [1.29, 1.82) is 0 Å². The van der Waals surface area contributed by atoms with E-state index in [1.807, 2.05) is 19.0 Å². The number of anilines is 1. The molecule has 9 heteroatoms. The maximum Gasteiger partial charge on any atom is 0.233 e. The highest BCUT2D eigenvalue weighted by atomic mass is 35.5. The van der Waals surface area contributed by atoms with E-state index in [-0.39, 0.29) is 15.8 Å². The van der Waals surface area contributed by atoms with Gasteiger partial charge in [-0.15, -0.1) is 0 Å². The van der Waals surface area contributed by atoms with Gasteiger partial charge in [0.2, 0.25) is 5.91 Å². The lowest BCUT2D eigenvalue weighted by atomic mass is 9.87. The summed E-state index contributed by atoms with van der Waals surface area (Å²) < 4.78 is 23.8. The van der Waals surface area contributed by atoms with Crippen LogP contribution in [0.2, 0.25) is 5.02 Å². The van der Waals surface area contributed by atoms with Gasteiger partial charge in [-0.1, -0.05) is 43.4 Å². The average molecular weight is 465 g/mol. The second-order valence-corrected chi connectivity index (χ2v) is 10.9. The molecule has 1 atom stereocenters. The molecule has 0 bridgehead atoms. The molecule has 1 fully saturated rings. The predicted octanol–water partition coefficient (Wildman–Crippen LogP) is 3.90. The van der Waals surface area contributed by atoms with E-state index in [2.05, 4.69) is 15.3 Å². The zero-order chi connectivity index (χ0) is 22.6. The van der Waals surface area contributed by atoms with Crippen molar-refractivity contribution in [3.63, 3.8) is 0 Å². The van der Waals surface area contributed by atoms with Crippen LogP contribution >= 0.6 is 11.6 Å². The lowest BCUT2D eigenvalue weighted by molar-refractivity contribution is -0.118. The Morgan fingerprint density at radius 2 is 1.94 bits per heavy atom. The molecule has 0 saturated heterocycles. The third-order valence-corrected chi connectivity index (χ3v) is 7.13. The van der Waals surface area contributed by atoms with E-state index in [4.69, 9.17) is 11.6 Å². The van der Waals surface area contributed by atoms with Gasteiger partial charge in [0.1, 0.15) is 0 Å². The van der Waals surface area contributed by atoms with E-state index in [9.17, 15) is 13.2 Å². The topological polar surface area (TPSA) is 92.3 Å². The fraction of sp³-hybridized carbons (Fsp3) is 0.500. The van der Waals surface area contributed by atoms with Crippen LogP contribution in [0, 0.1) is 5.92 Å². The third-order valence-electron chi connectivity index (χ3n) is 5.55. The maximum absolute atomic E-state index is 13.2. The standard InChI is InChI=1S/C22H29ClN4O3S/c1-27(2)14-17-12-25-21(13-24-17)26-22(28)18(10-15-6-4-5-7-15)16-8-9-20(19(23)11-16)31(3,29)30/h8-9,11-13,15,18H,4-7,10,14H2,1-3H3,(H,25,26,28). The number of nitrogens with one attached hydrogen (secondary N) is 1. The van der Waals surface area contributed by atoms with E-state index in [1.54, 1.807) is 24.5 Å². The number of amides is 1. The van der Waals surface area contributed by atoms with Gasteiger partial charge < -0.3 is 10.2 Å². The van der Waals surface area contributed by atoms with Crippen LogP contribution in [-0.4, -0.2) is 49.5 Å². The number of halogens is 1. The summed E-state index contributed by atoms with van der Waals surface area (Å²) in [6, 6.07) is 4.77. The molecule has 168 valence electrons. The van der Waals surface area contributed by atoms with Crippen molar-refractivity contribution in [2.75, 3.05) is 25.7 Å². The van der Waals surface area contributed by atoms with Crippen LogP contribution in [0.4, 0.5) is 5.82 Å². The summed E-state index contributed by atoms with van der Waals surface area (Å²) in [5.41, 5.74) is 1.52. The molecule has 1 unspecified atom stereocenters. The van der Waals surface area contributed by atoms with Gasteiger partial charge >= 0.3 is 0 Å². The molecular formula is C22H29ClN4O3S. The Balaban J connectivity index is 1.83. The van der Waals surface area contributed by atoms with Crippen LogP contribution in [0.15, 0.2) is 35.5 Å². The minimum Gasteiger partial charge on any atom is -0.309 e. The van der Waals surface area contributed by atoms with Crippen LogP contribution in [0.1, 0.15) is 49.3 Å². The highest BCUT2D eigenvalue weighted by molar-refractivity contribution is 7.90. The fourth-order valence-electron chi connectivity index (χ4n) is 4.05. The molecule has 1 amide bonds. The van der Waals surface area contributed by atoms with Crippen LogP contribution in [0.3, 0.4) is 0 Å². The minimum atomic E-state index is -3.43. The largest absolute Gasteiger partial charge is 0.309 e. The molecule has 1 aromatic heterocycles. The lowest BCUT2D eigenvalue weighted by Gasteiger charge is -2.21. The Morgan fingerprint density at radius 3 is 2.48 bits per heavy atom. The summed E-state index contributed by atoms with van der Waals surface area (Å²) in [5, 5.41) is 3.01. The number of sulfone groups is 1. The van der Waals surface area contributed by atoms with Crippen molar-refractivity contribution in [3.8, 4) is 0 Å². The van der Waals surface area contributed by atoms with Crippen LogP contribution in [0.5, 0.6) is 0 Å². The normalized spacial score (nSPS) is 15.9. The van der Waals surface area contributed by atoms with E-state index < -0.39 is 15.8 Å². The molecular weight excluding hydrogens is 436 g/mol. The number of hydrogen-bond donors (Lipinski definition) is 1. The Morgan fingerprint density at radius 1 is 1.23 bits per heavy atom. The zero-order valence-corrected chi connectivity index (χ0v) is 19.7. The first-order chi connectivity index (χ1) is 14.6. The molecule has 7 nitrogen and oxygen atoms in total. The van der Waals surface area contributed by atoms with Crippen molar-refractivity contribution in [3.05, 3.63) is 46.9 Å². The van der Waals surface area contributed by atoms with Crippen LogP contribution < -0.4 is 5.32 Å². The molecule has 0 spiro atoms. The highest BCUT2D eigenvalue weighted by Gasteiger charge is 2.28. The van der Waals surface area contributed by atoms with Crippen LogP contribution in [0.25, 0.3) is 0 Å². The van der Waals surface area contributed by atoms with Gasteiger partial charge in [-0.25, -0.2) is 13.4 Å². The first-order valence-electron chi connectivity index (χ1n) is 10.4. The second-order valence-electron chi connectivity index (χ2n) is 8.52. The molecule has 1 aliphatic rings. The van der Waals surface area contributed by atoms with Crippen molar-refractivity contribution in [1.82, 2.24) is 14.9 Å². The number of rotatable bonds is 8. The number of carbonyl (C=O) groups excluding carboxylic acids is 1. The molecule has 1 saturated carbocycles. The number of carbonyl (C=O) groups is 1. The smallest absolute Gasteiger partial charge is 0.233 e. The SMILES string of the molecule is CN(C)Cc1cnc(NC(=O)C(CC2CCCC2)c2ccc(S(C)(=O)=O)c(Cl)c2)cn1. The number of aromatic nitrogens is 2. The van der Waals surface area contributed by atoms with Gasteiger partial charge in [0, 0.05) is 12.8 Å². The molecule has 1 heterocycles. The monoisotopic (exact) mass is 464 g/mol. The van der Waals surface area contributed by atoms with E-state index in [1.165, 1.54) is 18.9 Å². The van der Waals surface area contributed by atoms with Gasteiger partial charge in [0.25, 0.3) is 0 Å². The van der Waals surface area contributed by atoms with Gasteiger partial charge in [0.15, 0.2) is 15.7 Å². The second kappa shape index (κ2) is 10.1. The predicted molar refractivity (Wildman–Crippen MR) is 122 cm³/mol. The highest BCUT2D eigenvalue weighted by Crippen LogP contribution is 2.36. The maximum atomic E-state index is 13.2. The van der Waals surface area contributed by atoms with Crippen molar-refractivity contribution >= 4 is 33.2 Å². The molecule has 1 aromatic carbocycles. The summed E-state index contributed by atoms with van der Waals surface area (Å²) in [5.74, 6) is 0.211. The number of benzene rings is 1. The van der Waals surface area contributed by atoms with E-state index >= 15 is 0 Å². The molecule has 0 aliphatic heterocycles. The van der Waals surface area contributed by atoms with Crippen LogP contribution in [-0.2, 0) is 21.2 Å². The lowest BCUT2D eigenvalue weighted by Crippen LogP contribution is -2.24. The summed E-state index contributed by atoms with van der Waals surface area (Å²) >= 11 is 6.26. The molecule has 3 rings (SSSR count).